The first-order valence-electron chi connectivity index (χ1n) is 6.34. The first-order valence-corrected chi connectivity index (χ1v) is 7.13. The normalized spacial score (nSPS) is 21.6. The summed E-state index contributed by atoms with van der Waals surface area (Å²) in [6.07, 6.45) is 6.91. The number of nitrogens with two attached hydrogens (primary N) is 1. The lowest BCUT2D eigenvalue weighted by Gasteiger charge is -2.35. The quantitative estimate of drug-likeness (QED) is 0.929. The molecule has 1 aromatic rings. The van der Waals surface area contributed by atoms with Gasteiger partial charge in [0.25, 0.3) is 0 Å². The second kappa shape index (κ2) is 6.47. The van der Waals surface area contributed by atoms with Gasteiger partial charge in [-0.15, -0.1) is 0 Å². The van der Waals surface area contributed by atoms with Gasteiger partial charge in [-0.05, 0) is 60.4 Å². The van der Waals surface area contributed by atoms with Gasteiger partial charge < -0.3 is 5.73 Å². The summed E-state index contributed by atoms with van der Waals surface area (Å²) in [5, 5.41) is 0. The molecule has 1 saturated heterocycles. The van der Waals surface area contributed by atoms with Crippen LogP contribution in [0.3, 0.4) is 0 Å². The van der Waals surface area contributed by atoms with Crippen LogP contribution < -0.4 is 5.73 Å². The third-order valence-electron chi connectivity index (χ3n) is 3.40. The minimum atomic E-state index is 0.652. The molecular formula is C13H20BrN3. The monoisotopic (exact) mass is 297 g/mol. The zero-order valence-electron chi connectivity index (χ0n) is 10.1. The van der Waals surface area contributed by atoms with Crippen molar-refractivity contribution in [2.24, 2.45) is 5.73 Å². The number of rotatable bonds is 4. The van der Waals surface area contributed by atoms with Crippen LogP contribution in [0.15, 0.2) is 22.8 Å². The molecule has 1 atom stereocenters. The molecule has 3 nitrogen and oxygen atoms in total. The van der Waals surface area contributed by atoms with Crippen LogP contribution in [0.4, 0.5) is 0 Å². The number of piperidine rings is 1. The fraction of sp³-hybridized carbons (Fsp3) is 0.615. The predicted octanol–water partition coefficient (Wildman–Crippen LogP) is 2.55. The summed E-state index contributed by atoms with van der Waals surface area (Å²) < 4.78 is 1.04. The number of halogens is 1. The molecule has 1 aliphatic rings. The highest BCUT2D eigenvalue weighted by Crippen LogP contribution is 2.21. The molecule has 2 N–H and O–H groups in total. The highest BCUT2D eigenvalue weighted by molar-refractivity contribution is 9.10. The van der Waals surface area contributed by atoms with Gasteiger partial charge in [0, 0.05) is 23.3 Å². The molecule has 0 radical (unpaired) electrons. The van der Waals surface area contributed by atoms with Gasteiger partial charge in [0.1, 0.15) is 0 Å². The molecule has 0 spiro atoms. The van der Waals surface area contributed by atoms with E-state index >= 15 is 0 Å². The lowest BCUT2D eigenvalue weighted by atomic mass is 9.99. The van der Waals surface area contributed by atoms with Gasteiger partial charge >= 0.3 is 0 Å². The largest absolute Gasteiger partial charge is 0.330 e. The molecule has 0 saturated carbocycles. The Kier molecular flexibility index (Phi) is 4.95. The van der Waals surface area contributed by atoms with E-state index in [0.717, 1.165) is 29.7 Å². The van der Waals surface area contributed by atoms with E-state index in [4.69, 9.17) is 5.73 Å². The number of hydrogen-bond acceptors (Lipinski definition) is 3. The molecule has 0 amide bonds. The van der Waals surface area contributed by atoms with Crippen LogP contribution in [0.1, 0.15) is 31.4 Å². The molecule has 1 aromatic heterocycles. The highest BCUT2D eigenvalue weighted by Gasteiger charge is 2.21. The minimum absolute atomic E-state index is 0.652. The molecule has 0 aromatic carbocycles. The summed E-state index contributed by atoms with van der Waals surface area (Å²) >= 11 is 3.41. The molecule has 2 heterocycles. The fourth-order valence-electron chi connectivity index (χ4n) is 2.50. The lowest BCUT2D eigenvalue weighted by Crippen LogP contribution is -2.40. The summed E-state index contributed by atoms with van der Waals surface area (Å²) in [5.74, 6) is 0. The van der Waals surface area contributed by atoms with Crippen molar-refractivity contribution in [2.45, 2.75) is 38.3 Å². The Hall–Kier alpha value is -0.450. The van der Waals surface area contributed by atoms with Crippen molar-refractivity contribution in [1.29, 1.82) is 0 Å². The standard InChI is InChI=1S/C13H20BrN3/c14-11-4-5-12(16-9-11)10-17-8-2-1-3-13(17)6-7-15/h4-5,9,13H,1-3,6-8,10,15H2. The van der Waals surface area contributed by atoms with Crippen molar-refractivity contribution in [3.05, 3.63) is 28.5 Å². The van der Waals surface area contributed by atoms with Gasteiger partial charge in [-0.3, -0.25) is 9.88 Å². The molecule has 0 aliphatic carbocycles. The van der Waals surface area contributed by atoms with Gasteiger partial charge in [-0.1, -0.05) is 6.42 Å². The summed E-state index contributed by atoms with van der Waals surface area (Å²) in [5.41, 5.74) is 6.84. The second-order valence-corrected chi connectivity index (χ2v) is 5.58. The molecule has 1 unspecified atom stereocenters. The molecule has 4 heteroatoms. The van der Waals surface area contributed by atoms with Crippen molar-refractivity contribution < 1.29 is 0 Å². The summed E-state index contributed by atoms with van der Waals surface area (Å²) in [7, 11) is 0. The average molecular weight is 298 g/mol. The number of aromatic nitrogens is 1. The van der Waals surface area contributed by atoms with Crippen LogP contribution in [-0.4, -0.2) is 29.0 Å². The van der Waals surface area contributed by atoms with Crippen LogP contribution in [0.25, 0.3) is 0 Å². The van der Waals surface area contributed by atoms with E-state index in [-0.39, 0.29) is 0 Å². The Labute approximate surface area is 112 Å². The lowest BCUT2D eigenvalue weighted by molar-refractivity contribution is 0.132. The Bertz CT molecular complexity index is 337. The smallest absolute Gasteiger partial charge is 0.0544 e. The highest BCUT2D eigenvalue weighted by atomic mass is 79.9. The third kappa shape index (κ3) is 3.76. The second-order valence-electron chi connectivity index (χ2n) is 4.67. The Morgan fingerprint density at radius 2 is 2.29 bits per heavy atom. The van der Waals surface area contributed by atoms with Gasteiger partial charge in [-0.2, -0.15) is 0 Å². The van der Waals surface area contributed by atoms with Crippen molar-refractivity contribution in [2.75, 3.05) is 13.1 Å². The Morgan fingerprint density at radius 1 is 1.41 bits per heavy atom. The molecule has 17 heavy (non-hydrogen) atoms. The minimum Gasteiger partial charge on any atom is -0.330 e. The Balaban J connectivity index is 1.97. The van der Waals surface area contributed by atoms with E-state index in [1.165, 1.54) is 25.8 Å². The maximum atomic E-state index is 5.69. The van der Waals surface area contributed by atoms with E-state index < -0.39 is 0 Å². The molecule has 1 aliphatic heterocycles. The molecule has 2 rings (SSSR count). The summed E-state index contributed by atoms with van der Waals surface area (Å²) in [6.45, 7) is 2.93. The van der Waals surface area contributed by atoms with Gasteiger partial charge in [0.15, 0.2) is 0 Å². The van der Waals surface area contributed by atoms with E-state index in [2.05, 4.69) is 37.9 Å². The topological polar surface area (TPSA) is 42.1 Å². The van der Waals surface area contributed by atoms with Crippen LogP contribution >= 0.6 is 15.9 Å². The molecular weight excluding hydrogens is 278 g/mol. The van der Waals surface area contributed by atoms with Crippen LogP contribution in [-0.2, 0) is 6.54 Å². The van der Waals surface area contributed by atoms with Gasteiger partial charge in [0.2, 0.25) is 0 Å². The molecule has 0 bridgehead atoms. The van der Waals surface area contributed by atoms with Crippen LogP contribution in [0, 0.1) is 0 Å². The summed E-state index contributed by atoms with van der Waals surface area (Å²) in [4.78, 5) is 6.98. The maximum Gasteiger partial charge on any atom is 0.0544 e. The van der Waals surface area contributed by atoms with E-state index in [1.807, 2.05) is 6.20 Å². The number of likely N-dealkylation sites (tertiary alicyclic amines) is 1. The van der Waals surface area contributed by atoms with E-state index in [1.54, 1.807) is 0 Å². The SMILES string of the molecule is NCCC1CCCCN1Cc1ccc(Br)cn1. The average Bonchev–Trinajstić information content (AvgIpc) is 2.35. The zero-order chi connectivity index (χ0) is 12.1. The van der Waals surface area contributed by atoms with Gasteiger partial charge in [0.05, 0.1) is 5.69 Å². The van der Waals surface area contributed by atoms with Crippen LogP contribution in [0.2, 0.25) is 0 Å². The van der Waals surface area contributed by atoms with Crippen LogP contribution in [0.5, 0.6) is 0 Å². The zero-order valence-corrected chi connectivity index (χ0v) is 11.7. The van der Waals surface area contributed by atoms with Crippen molar-refractivity contribution in [3.8, 4) is 0 Å². The number of pyridine rings is 1. The Morgan fingerprint density at radius 3 is 3.00 bits per heavy atom. The molecule has 94 valence electrons. The third-order valence-corrected chi connectivity index (χ3v) is 3.87. The number of hydrogen-bond donors (Lipinski definition) is 1. The van der Waals surface area contributed by atoms with Crippen molar-refractivity contribution in [3.63, 3.8) is 0 Å². The first kappa shape index (κ1) is 13.0. The van der Waals surface area contributed by atoms with E-state index in [9.17, 15) is 0 Å². The van der Waals surface area contributed by atoms with Gasteiger partial charge in [-0.25, -0.2) is 0 Å². The number of nitrogens with zero attached hydrogens (tertiary/aromatic N) is 2. The molecule has 1 fully saturated rings. The van der Waals surface area contributed by atoms with Crippen molar-refractivity contribution >= 4 is 15.9 Å². The van der Waals surface area contributed by atoms with Crippen molar-refractivity contribution in [1.82, 2.24) is 9.88 Å². The summed E-state index contributed by atoms with van der Waals surface area (Å²) in [6, 6.07) is 4.81. The predicted molar refractivity (Wildman–Crippen MR) is 73.7 cm³/mol. The first-order chi connectivity index (χ1) is 8.29. The fourth-order valence-corrected chi connectivity index (χ4v) is 2.73. The maximum absolute atomic E-state index is 5.69. The van der Waals surface area contributed by atoms with E-state index in [0.29, 0.717) is 6.04 Å².